The number of rotatable bonds is 18. The molecule has 0 amide bonds. The molecule has 0 saturated carbocycles. The van der Waals surface area contributed by atoms with Gasteiger partial charge in [0.05, 0.1) is 0 Å². The van der Waals surface area contributed by atoms with E-state index >= 15 is 0 Å². The van der Waals surface area contributed by atoms with Crippen LogP contribution in [0, 0.1) is 0 Å². The zero-order valence-corrected chi connectivity index (χ0v) is 27.1. The molecule has 0 saturated heterocycles. The van der Waals surface area contributed by atoms with Crippen molar-refractivity contribution in [2.24, 2.45) is 0 Å². The van der Waals surface area contributed by atoms with Crippen LogP contribution < -0.4 is 14.7 Å². The summed E-state index contributed by atoms with van der Waals surface area (Å²) in [6, 6.07) is 0. The molecule has 0 rings (SSSR count). The fourth-order valence-corrected chi connectivity index (χ4v) is 8.10. The maximum absolute atomic E-state index is 11.1. The predicted octanol–water partition coefficient (Wildman–Crippen LogP) is 6.16. The number of alkyl halides is 3. The van der Waals surface area contributed by atoms with Crippen LogP contribution in [-0.2, 0) is 30.8 Å². The van der Waals surface area contributed by atoms with Crippen molar-refractivity contribution in [2.75, 3.05) is 54.6 Å². The van der Waals surface area contributed by atoms with Gasteiger partial charge in [0, 0.05) is 39.7 Å². The molecule has 209 valence electrons. The average Bonchev–Trinajstić information content (AvgIpc) is 2.69. The van der Waals surface area contributed by atoms with Crippen molar-refractivity contribution < 1.29 is 45.4 Å². The van der Waals surface area contributed by atoms with Crippen molar-refractivity contribution in [3.8, 4) is 0 Å². The summed E-state index contributed by atoms with van der Waals surface area (Å²) in [6.45, 7) is 5.64. The Bertz CT molecular complexity index is 498. The van der Waals surface area contributed by atoms with Crippen LogP contribution in [0.15, 0.2) is 0 Å². The fraction of sp³-hybridized carbons (Fsp3) is 1.00. The second kappa shape index (κ2) is 28.0. The van der Waals surface area contributed by atoms with E-state index < -0.39 is 22.1 Å². The van der Waals surface area contributed by atoms with Crippen molar-refractivity contribution in [1.82, 2.24) is 0 Å². The van der Waals surface area contributed by atoms with E-state index in [0.29, 0.717) is 73.9 Å². The standard InChI is InChI=1S/3C7H16ClO2P.Fe/c3*1-2-6-11(9,10)7-4-3-5-8;/h3*2-7H2,1H3,(H,9,10);/q;;;+3/p-3. The van der Waals surface area contributed by atoms with Crippen LogP contribution in [0.3, 0.4) is 0 Å². The molecule has 3 unspecified atom stereocenters. The average molecular weight is 649 g/mol. The van der Waals surface area contributed by atoms with E-state index in [2.05, 4.69) is 0 Å². The van der Waals surface area contributed by atoms with E-state index in [1.807, 2.05) is 20.8 Å². The quantitative estimate of drug-likeness (QED) is 0.0760. The molecule has 0 aromatic heterocycles. The first kappa shape index (κ1) is 43.0. The normalized spacial score (nSPS) is 15.8. The first-order chi connectivity index (χ1) is 15.4. The minimum absolute atomic E-state index is 0. The van der Waals surface area contributed by atoms with Gasteiger partial charge >= 0.3 is 17.1 Å². The molecular formula is C21H45Cl3FeO6P3. The van der Waals surface area contributed by atoms with Crippen LogP contribution in [0.4, 0.5) is 0 Å². The fourth-order valence-electron chi connectivity index (χ4n) is 2.70. The van der Waals surface area contributed by atoms with Gasteiger partial charge in [0.1, 0.15) is 0 Å². The summed E-state index contributed by atoms with van der Waals surface area (Å²) in [5.74, 6) is 1.68. The topological polar surface area (TPSA) is 120 Å². The van der Waals surface area contributed by atoms with Gasteiger partial charge in [-0.3, -0.25) is 0 Å². The summed E-state index contributed by atoms with van der Waals surface area (Å²) in [6.07, 6.45) is 8.73. The molecule has 3 atom stereocenters. The molecule has 0 N–H and O–H groups in total. The summed E-state index contributed by atoms with van der Waals surface area (Å²) >= 11 is 16.2. The second-order valence-corrected chi connectivity index (χ2v) is 16.7. The third kappa shape index (κ3) is 36.1. The summed E-state index contributed by atoms with van der Waals surface area (Å²) in [4.78, 5) is 33.3. The van der Waals surface area contributed by atoms with Crippen molar-refractivity contribution in [2.45, 2.75) is 78.6 Å². The molecule has 0 heterocycles. The molecule has 1 radical (unpaired) electrons. The summed E-state index contributed by atoms with van der Waals surface area (Å²) in [7, 11) is -9.09. The van der Waals surface area contributed by atoms with Crippen LogP contribution in [-0.4, -0.2) is 54.6 Å². The third-order valence-corrected chi connectivity index (χ3v) is 11.5. The van der Waals surface area contributed by atoms with Crippen LogP contribution in [0.5, 0.6) is 0 Å². The van der Waals surface area contributed by atoms with E-state index in [1.165, 1.54) is 0 Å². The minimum atomic E-state index is -3.03. The molecule has 0 fully saturated rings. The van der Waals surface area contributed by atoms with Crippen LogP contribution in [0.2, 0.25) is 0 Å². The number of unbranched alkanes of at least 4 members (excludes halogenated alkanes) is 3. The predicted molar refractivity (Wildman–Crippen MR) is 143 cm³/mol. The Hall–Kier alpha value is 1.96. The Morgan fingerprint density at radius 3 is 0.824 bits per heavy atom. The number of hydrogen-bond acceptors (Lipinski definition) is 6. The Morgan fingerprint density at radius 1 is 0.471 bits per heavy atom. The van der Waals surface area contributed by atoms with Gasteiger partial charge in [-0.25, -0.2) is 0 Å². The monoisotopic (exact) mass is 647 g/mol. The zero-order chi connectivity index (χ0) is 26.2. The van der Waals surface area contributed by atoms with Gasteiger partial charge in [-0.2, -0.15) is 0 Å². The van der Waals surface area contributed by atoms with Gasteiger partial charge in [0.2, 0.25) is 0 Å². The maximum atomic E-state index is 11.1. The zero-order valence-electron chi connectivity index (χ0n) is 21.0. The molecule has 34 heavy (non-hydrogen) atoms. The van der Waals surface area contributed by atoms with Crippen LogP contribution in [0.1, 0.15) is 78.6 Å². The smallest absolute Gasteiger partial charge is 0.799 e. The first-order valence-corrected chi connectivity index (χ1v) is 19.5. The molecule has 13 heteroatoms. The van der Waals surface area contributed by atoms with Crippen molar-refractivity contribution in [3.05, 3.63) is 0 Å². The molecule has 0 bridgehead atoms. The SMILES string of the molecule is CCCP(=O)([O-])CCCCCl.CCCP(=O)([O-])CCCCCl.CCCP(=O)([O-])CCCCCl.[Fe+3]. The molecule has 0 aromatic carbocycles. The molecule has 0 aliphatic heterocycles. The molecular weight excluding hydrogens is 603 g/mol. The van der Waals surface area contributed by atoms with Crippen molar-refractivity contribution in [3.63, 3.8) is 0 Å². The summed E-state index contributed by atoms with van der Waals surface area (Å²) < 4.78 is 33.3. The summed E-state index contributed by atoms with van der Waals surface area (Å²) in [5.41, 5.74) is 0. The Labute approximate surface area is 234 Å². The van der Waals surface area contributed by atoms with Gasteiger partial charge in [-0.1, -0.05) is 40.0 Å². The van der Waals surface area contributed by atoms with Gasteiger partial charge in [-0.05, 0) is 75.5 Å². The van der Waals surface area contributed by atoms with Crippen LogP contribution in [0.25, 0.3) is 0 Å². The Morgan fingerprint density at radius 2 is 0.676 bits per heavy atom. The van der Waals surface area contributed by atoms with Crippen molar-refractivity contribution >= 4 is 56.9 Å². The number of hydrogen-bond donors (Lipinski definition) is 0. The maximum Gasteiger partial charge on any atom is 3.00 e. The molecule has 6 nitrogen and oxygen atoms in total. The largest absolute Gasteiger partial charge is 3.00 e. The van der Waals surface area contributed by atoms with Gasteiger partial charge in [0.15, 0.2) is 0 Å². The van der Waals surface area contributed by atoms with Gasteiger partial charge < -0.3 is 28.4 Å². The molecule has 0 aliphatic rings. The van der Waals surface area contributed by atoms with Gasteiger partial charge in [-0.15, -0.1) is 34.8 Å². The Balaban J connectivity index is -0.000000196. The van der Waals surface area contributed by atoms with E-state index in [9.17, 15) is 28.4 Å². The Kier molecular flexibility index (Phi) is 35.4. The molecule has 0 aromatic rings. The van der Waals surface area contributed by atoms with E-state index in [4.69, 9.17) is 34.8 Å². The molecule has 0 aliphatic carbocycles. The van der Waals surface area contributed by atoms with Crippen molar-refractivity contribution in [1.29, 1.82) is 0 Å². The van der Waals surface area contributed by atoms with Gasteiger partial charge in [0.25, 0.3) is 0 Å². The van der Waals surface area contributed by atoms with E-state index in [1.54, 1.807) is 0 Å². The minimum Gasteiger partial charge on any atom is -0.799 e. The van der Waals surface area contributed by atoms with Crippen LogP contribution >= 0.6 is 56.9 Å². The van der Waals surface area contributed by atoms with E-state index in [0.717, 1.165) is 38.5 Å². The second-order valence-electron chi connectivity index (χ2n) is 7.97. The molecule has 0 spiro atoms. The first-order valence-electron chi connectivity index (χ1n) is 11.9. The summed E-state index contributed by atoms with van der Waals surface area (Å²) in [5, 5.41) is 0. The van der Waals surface area contributed by atoms with E-state index in [-0.39, 0.29) is 17.1 Å². The number of halogens is 3. The third-order valence-electron chi connectivity index (χ3n) is 4.34.